The summed E-state index contributed by atoms with van der Waals surface area (Å²) in [6.07, 6.45) is 1.99. The van der Waals surface area contributed by atoms with E-state index in [-0.39, 0.29) is 29.4 Å². The molecule has 1 heterocycles. The third-order valence-electron chi connectivity index (χ3n) is 3.71. The minimum absolute atomic E-state index is 0.0319. The number of rotatable bonds is 7. The predicted molar refractivity (Wildman–Crippen MR) is 102 cm³/mol. The Kier molecular flexibility index (Phi) is 5.67. The van der Waals surface area contributed by atoms with E-state index in [1.165, 1.54) is 36.9 Å². The largest absolute Gasteiger partial charge is 0.326 e. The molecule has 0 radical (unpaired) electrons. The van der Waals surface area contributed by atoms with Gasteiger partial charge in [-0.2, -0.15) is 0 Å². The van der Waals surface area contributed by atoms with Crippen molar-refractivity contribution in [3.63, 3.8) is 0 Å². The predicted octanol–water partition coefficient (Wildman–Crippen LogP) is 2.99. The lowest BCUT2D eigenvalue weighted by atomic mass is 10.1. The second kappa shape index (κ2) is 7.96. The van der Waals surface area contributed by atoms with Gasteiger partial charge in [-0.25, -0.2) is 0 Å². The van der Waals surface area contributed by atoms with E-state index in [9.17, 15) is 14.4 Å². The molecule has 1 N–H and O–H groups in total. The highest BCUT2D eigenvalue weighted by Crippen LogP contribution is 2.35. The van der Waals surface area contributed by atoms with Crippen LogP contribution < -0.4 is 10.2 Å². The molecule has 1 aliphatic carbocycles. The van der Waals surface area contributed by atoms with E-state index in [0.717, 1.165) is 12.8 Å². The Morgan fingerprint density at radius 2 is 1.88 bits per heavy atom. The molecular weight excluding hydrogens is 372 g/mol. The molecule has 26 heavy (non-hydrogen) atoms. The van der Waals surface area contributed by atoms with Gasteiger partial charge in [-0.1, -0.05) is 23.1 Å². The fraction of sp³-hybridized carbons (Fsp3) is 0.353. The maximum atomic E-state index is 12.3. The van der Waals surface area contributed by atoms with Gasteiger partial charge in [0.05, 0.1) is 5.75 Å². The Balaban J connectivity index is 1.58. The number of amides is 2. The van der Waals surface area contributed by atoms with Gasteiger partial charge >= 0.3 is 0 Å². The normalized spacial score (nSPS) is 13.3. The summed E-state index contributed by atoms with van der Waals surface area (Å²) < 4.78 is 0.662. The van der Waals surface area contributed by atoms with Crippen LogP contribution in [0.1, 0.15) is 37.0 Å². The molecule has 1 saturated carbocycles. The zero-order valence-corrected chi connectivity index (χ0v) is 16.0. The van der Waals surface area contributed by atoms with Gasteiger partial charge in [0.15, 0.2) is 10.1 Å². The molecule has 1 fully saturated rings. The molecular formula is C17H18N4O3S2. The van der Waals surface area contributed by atoms with E-state index in [1.54, 1.807) is 29.2 Å². The quantitative estimate of drug-likeness (QED) is 0.444. The molecule has 0 aliphatic heterocycles. The number of nitrogens with zero attached hydrogens (tertiary/aromatic N) is 3. The van der Waals surface area contributed by atoms with Gasteiger partial charge in [-0.05, 0) is 37.1 Å². The average Bonchev–Trinajstić information content (AvgIpc) is 3.30. The lowest BCUT2D eigenvalue weighted by molar-refractivity contribution is -0.116. The minimum atomic E-state index is -0.155. The Bertz CT molecular complexity index is 831. The highest BCUT2D eigenvalue weighted by atomic mass is 32.2. The number of benzene rings is 1. The average molecular weight is 390 g/mol. The number of carbonyl (C=O) groups excluding carboxylic acids is 3. The standard InChI is InChI=1S/C17H18N4O3S2/c1-10(22)18-13-5-3-12(4-6-13)15(24)9-25-17-20-19-16(26-17)21(11(2)23)14-7-8-14/h3-6,14H,7-9H2,1-2H3,(H,18,22). The van der Waals surface area contributed by atoms with Gasteiger partial charge in [-0.15, -0.1) is 10.2 Å². The highest BCUT2D eigenvalue weighted by molar-refractivity contribution is 8.01. The number of ketones is 1. The third-order valence-corrected chi connectivity index (χ3v) is 5.76. The van der Waals surface area contributed by atoms with Crippen LogP contribution in [-0.2, 0) is 9.59 Å². The Hall–Kier alpha value is -2.26. The van der Waals surface area contributed by atoms with Crippen molar-refractivity contribution in [3.05, 3.63) is 29.8 Å². The maximum absolute atomic E-state index is 12.3. The molecule has 136 valence electrons. The number of anilines is 2. The van der Waals surface area contributed by atoms with Gasteiger partial charge in [0.25, 0.3) is 0 Å². The van der Waals surface area contributed by atoms with Crippen LogP contribution in [0.5, 0.6) is 0 Å². The van der Waals surface area contributed by atoms with Crippen LogP contribution in [-0.4, -0.2) is 39.6 Å². The lowest BCUT2D eigenvalue weighted by Crippen LogP contribution is -2.30. The Morgan fingerprint density at radius 3 is 2.46 bits per heavy atom. The van der Waals surface area contributed by atoms with Gasteiger partial charge in [-0.3, -0.25) is 19.3 Å². The number of thioether (sulfide) groups is 1. The van der Waals surface area contributed by atoms with E-state index in [4.69, 9.17) is 0 Å². The lowest BCUT2D eigenvalue weighted by Gasteiger charge is -2.15. The molecule has 0 bridgehead atoms. The molecule has 3 rings (SSSR count). The summed E-state index contributed by atoms with van der Waals surface area (Å²) in [5.41, 5.74) is 1.22. The van der Waals surface area contributed by atoms with E-state index in [0.29, 0.717) is 20.7 Å². The number of hydrogen-bond donors (Lipinski definition) is 1. The number of nitrogens with one attached hydrogen (secondary N) is 1. The fourth-order valence-corrected chi connectivity index (χ4v) is 4.24. The zero-order valence-electron chi connectivity index (χ0n) is 14.4. The monoisotopic (exact) mass is 390 g/mol. The summed E-state index contributed by atoms with van der Waals surface area (Å²) in [4.78, 5) is 36.8. The van der Waals surface area contributed by atoms with E-state index in [2.05, 4.69) is 15.5 Å². The van der Waals surface area contributed by atoms with Crippen LogP contribution >= 0.6 is 23.1 Å². The third kappa shape index (κ3) is 4.67. The van der Waals surface area contributed by atoms with Gasteiger partial charge in [0.1, 0.15) is 0 Å². The summed E-state index contributed by atoms with van der Waals surface area (Å²) in [6.45, 7) is 2.96. The van der Waals surface area contributed by atoms with Crippen molar-refractivity contribution in [1.82, 2.24) is 10.2 Å². The maximum Gasteiger partial charge on any atom is 0.225 e. The molecule has 0 saturated heterocycles. The summed E-state index contributed by atoms with van der Waals surface area (Å²) >= 11 is 2.64. The van der Waals surface area contributed by atoms with Crippen LogP contribution in [0.15, 0.2) is 28.6 Å². The first-order valence-electron chi connectivity index (χ1n) is 8.11. The fourth-order valence-electron chi connectivity index (χ4n) is 2.39. The smallest absolute Gasteiger partial charge is 0.225 e. The topological polar surface area (TPSA) is 92.3 Å². The minimum Gasteiger partial charge on any atom is -0.326 e. The second-order valence-electron chi connectivity index (χ2n) is 5.94. The first-order chi connectivity index (χ1) is 12.4. The van der Waals surface area contributed by atoms with Crippen LogP contribution in [0.2, 0.25) is 0 Å². The molecule has 0 spiro atoms. The summed E-state index contributed by atoms with van der Waals surface area (Å²) in [6, 6.07) is 7.00. The van der Waals surface area contributed by atoms with Crippen molar-refractivity contribution in [2.45, 2.75) is 37.1 Å². The van der Waals surface area contributed by atoms with E-state index < -0.39 is 0 Å². The summed E-state index contributed by atoms with van der Waals surface area (Å²) in [5.74, 6) is 0.0113. The van der Waals surface area contributed by atoms with Gasteiger partial charge < -0.3 is 5.32 Å². The van der Waals surface area contributed by atoms with Crippen molar-refractivity contribution in [2.24, 2.45) is 0 Å². The number of carbonyl (C=O) groups is 3. The summed E-state index contributed by atoms with van der Waals surface area (Å²) in [5, 5.41) is 11.4. The van der Waals surface area contributed by atoms with Crippen LogP contribution in [0, 0.1) is 0 Å². The molecule has 1 aromatic carbocycles. The summed E-state index contributed by atoms with van der Waals surface area (Å²) in [7, 11) is 0. The molecule has 1 aromatic heterocycles. The number of hydrogen-bond acceptors (Lipinski definition) is 7. The number of Topliss-reactive ketones (excluding diaryl/α,β-unsaturated/α-hetero) is 1. The van der Waals surface area contributed by atoms with Gasteiger partial charge in [0.2, 0.25) is 16.9 Å². The Morgan fingerprint density at radius 1 is 1.19 bits per heavy atom. The van der Waals surface area contributed by atoms with E-state index in [1.807, 2.05) is 0 Å². The second-order valence-corrected chi connectivity index (χ2v) is 8.12. The molecule has 0 unspecified atom stereocenters. The van der Waals surface area contributed by atoms with Crippen molar-refractivity contribution >= 4 is 51.5 Å². The van der Waals surface area contributed by atoms with Crippen molar-refractivity contribution < 1.29 is 14.4 Å². The molecule has 0 atom stereocenters. The molecule has 7 nitrogen and oxygen atoms in total. The van der Waals surface area contributed by atoms with Crippen molar-refractivity contribution in [2.75, 3.05) is 16.0 Å². The van der Waals surface area contributed by atoms with Crippen molar-refractivity contribution in [3.8, 4) is 0 Å². The van der Waals surface area contributed by atoms with Crippen molar-refractivity contribution in [1.29, 1.82) is 0 Å². The first kappa shape index (κ1) is 18.5. The molecule has 2 aromatic rings. The Labute approximate surface area is 159 Å². The molecule has 1 aliphatic rings. The molecule has 9 heteroatoms. The van der Waals surface area contributed by atoms with Gasteiger partial charge in [0, 0.05) is 31.1 Å². The van der Waals surface area contributed by atoms with Crippen LogP contribution in [0.4, 0.5) is 10.8 Å². The van der Waals surface area contributed by atoms with Crippen LogP contribution in [0.25, 0.3) is 0 Å². The first-order valence-corrected chi connectivity index (χ1v) is 9.91. The SMILES string of the molecule is CC(=O)Nc1ccc(C(=O)CSc2nnc(N(C(C)=O)C3CC3)s2)cc1. The van der Waals surface area contributed by atoms with E-state index >= 15 is 0 Å². The number of aromatic nitrogens is 2. The zero-order chi connectivity index (χ0) is 18.7. The highest BCUT2D eigenvalue weighted by Gasteiger charge is 2.34. The van der Waals surface area contributed by atoms with Crippen LogP contribution in [0.3, 0.4) is 0 Å². The molecule has 2 amide bonds.